The summed E-state index contributed by atoms with van der Waals surface area (Å²) in [4.78, 5) is 4.34. The minimum atomic E-state index is 0.0258. The molecule has 0 aliphatic carbocycles. The Kier molecular flexibility index (Phi) is 12.6. The molecule has 1 atom stereocenters. The predicted molar refractivity (Wildman–Crippen MR) is 119 cm³/mol. The summed E-state index contributed by atoms with van der Waals surface area (Å²) < 4.78 is 0. The van der Waals surface area contributed by atoms with Crippen LogP contribution in [0.5, 0.6) is 0 Å². The highest BCUT2D eigenvalue weighted by Gasteiger charge is 2.18. The number of rotatable bonds is 4. The van der Waals surface area contributed by atoms with E-state index in [1.54, 1.807) is 6.08 Å². The topological polar surface area (TPSA) is 80.2 Å². The summed E-state index contributed by atoms with van der Waals surface area (Å²) in [5, 5.41) is 16.1. The van der Waals surface area contributed by atoms with Crippen LogP contribution >= 0.6 is 9.24 Å². The summed E-state index contributed by atoms with van der Waals surface area (Å²) in [5.41, 5.74) is 8.71. The van der Waals surface area contributed by atoms with Crippen molar-refractivity contribution in [3.05, 3.63) is 47.2 Å². The van der Waals surface area contributed by atoms with Crippen molar-refractivity contribution < 1.29 is 0 Å². The molecule has 1 saturated heterocycles. The van der Waals surface area contributed by atoms with Crippen LogP contribution in [0.2, 0.25) is 0 Å². The molecule has 5 nitrogen and oxygen atoms in total. The number of nitrogens with one attached hydrogen (secondary N) is 2. The van der Waals surface area contributed by atoms with Gasteiger partial charge in [0.2, 0.25) is 0 Å². The minimum Gasteiger partial charge on any atom is -0.382 e. The number of hydrogen-bond donors (Lipinski definition) is 3. The Labute approximate surface area is 161 Å². The van der Waals surface area contributed by atoms with Crippen molar-refractivity contribution in [3.8, 4) is 0 Å². The molecule has 0 spiro atoms. The third kappa shape index (κ3) is 8.11. The largest absolute Gasteiger partial charge is 0.382 e. The van der Waals surface area contributed by atoms with E-state index < -0.39 is 0 Å². The SMILES string of the molecule is CCC.CP.Cc1ccccc1C(=N)/C=C(\C(=N)N)N1CCN(C)CC1. The van der Waals surface area contributed by atoms with Gasteiger partial charge in [0.05, 0.1) is 11.4 Å². The second-order valence-corrected chi connectivity index (χ2v) is 6.17. The second-order valence-electron chi connectivity index (χ2n) is 6.17. The van der Waals surface area contributed by atoms with E-state index in [1.165, 1.54) is 6.42 Å². The van der Waals surface area contributed by atoms with Gasteiger partial charge in [-0.15, -0.1) is 9.24 Å². The van der Waals surface area contributed by atoms with Crippen molar-refractivity contribution in [3.63, 3.8) is 0 Å². The lowest BCUT2D eigenvalue weighted by Gasteiger charge is -2.35. The number of piperazine rings is 1. The Bertz CT molecular complexity index is 590. The first-order valence-electron chi connectivity index (χ1n) is 9.12. The van der Waals surface area contributed by atoms with E-state index in [1.807, 2.05) is 37.9 Å². The fourth-order valence-electron chi connectivity index (χ4n) is 2.48. The van der Waals surface area contributed by atoms with Gasteiger partial charge in [-0.2, -0.15) is 0 Å². The molecule has 146 valence electrons. The fraction of sp³-hybridized carbons (Fsp3) is 0.500. The molecule has 1 heterocycles. The molecule has 26 heavy (non-hydrogen) atoms. The van der Waals surface area contributed by atoms with E-state index in [0.717, 1.165) is 37.3 Å². The van der Waals surface area contributed by atoms with Crippen molar-refractivity contribution in [2.45, 2.75) is 27.2 Å². The normalized spacial score (nSPS) is 14.5. The van der Waals surface area contributed by atoms with Crippen molar-refractivity contribution in [2.24, 2.45) is 5.73 Å². The van der Waals surface area contributed by atoms with E-state index in [0.29, 0.717) is 11.4 Å². The molecule has 2 rings (SSSR count). The van der Waals surface area contributed by atoms with Gasteiger partial charge in [0, 0.05) is 31.7 Å². The van der Waals surface area contributed by atoms with E-state index in [-0.39, 0.29) is 5.84 Å². The quantitative estimate of drug-likeness (QED) is 0.428. The van der Waals surface area contributed by atoms with Crippen molar-refractivity contribution >= 4 is 20.8 Å². The molecule has 1 unspecified atom stereocenters. The van der Waals surface area contributed by atoms with Crippen LogP contribution in [0.15, 0.2) is 36.0 Å². The van der Waals surface area contributed by atoms with Crippen LogP contribution in [0.3, 0.4) is 0 Å². The van der Waals surface area contributed by atoms with Crippen LogP contribution in [0.4, 0.5) is 0 Å². The van der Waals surface area contributed by atoms with Gasteiger partial charge in [0.25, 0.3) is 0 Å². The summed E-state index contributed by atoms with van der Waals surface area (Å²) in [6.07, 6.45) is 2.97. The molecular weight excluding hydrogens is 341 g/mol. The molecule has 0 saturated carbocycles. The maximum atomic E-state index is 8.29. The lowest BCUT2D eigenvalue weighted by atomic mass is 10.0. The highest BCUT2D eigenvalue weighted by Crippen LogP contribution is 2.13. The molecule has 1 aliphatic rings. The van der Waals surface area contributed by atoms with Gasteiger partial charge >= 0.3 is 0 Å². The smallest absolute Gasteiger partial charge is 0.139 e. The van der Waals surface area contributed by atoms with Crippen LogP contribution in [0, 0.1) is 17.7 Å². The van der Waals surface area contributed by atoms with E-state index in [9.17, 15) is 0 Å². The lowest BCUT2D eigenvalue weighted by molar-refractivity contribution is 0.192. The van der Waals surface area contributed by atoms with Gasteiger partial charge in [-0.25, -0.2) is 0 Å². The monoisotopic (exact) mass is 377 g/mol. The molecule has 1 aromatic carbocycles. The molecule has 1 fully saturated rings. The summed E-state index contributed by atoms with van der Waals surface area (Å²) in [7, 11) is 4.50. The molecule has 6 heteroatoms. The van der Waals surface area contributed by atoms with Gasteiger partial charge in [-0.1, -0.05) is 51.2 Å². The lowest BCUT2D eigenvalue weighted by Crippen LogP contribution is -2.46. The number of hydrogen-bond acceptors (Lipinski definition) is 4. The summed E-state index contributed by atoms with van der Waals surface area (Å²) >= 11 is 0. The van der Waals surface area contributed by atoms with E-state index >= 15 is 0 Å². The van der Waals surface area contributed by atoms with Crippen LogP contribution in [0.25, 0.3) is 0 Å². The summed E-state index contributed by atoms with van der Waals surface area (Å²) in [6, 6.07) is 7.80. The van der Waals surface area contributed by atoms with Crippen LogP contribution in [0.1, 0.15) is 31.4 Å². The number of nitrogens with two attached hydrogens (primary N) is 1. The van der Waals surface area contributed by atoms with Gasteiger partial charge in [-0.05, 0) is 25.6 Å². The van der Waals surface area contributed by atoms with Crippen LogP contribution < -0.4 is 5.73 Å². The first-order chi connectivity index (χ1) is 12.4. The zero-order chi connectivity index (χ0) is 20.1. The average Bonchev–Trinajstić information content (AvgIpc) is 2.63. The molecule has 4 N–H and O–H groups in total. The van der Waals surface area contributed by atoms with Crippen LogP contribution in [-0.2, 0) is 0 Å². The first kappa shape index (κ1) is 24.3. The van der Waals surface area contributed by atoms with Crippen molar-refractivity contribution in [1.29, 1.82) is 10.8 Å². The summed E-state index contributed by atoms with van der Waals surface area (Å²) in [6.45, 7) is 11.7. The number of amidine groups is 1. The molecule has 0 bridgehead atoms. The Morgan fingerprint density at radius 2 is 1.62 bits per heavy atom. The fourth-order valence-corrected chi connectivity index (χ4v) is 2.48. The second kappa shape index (κ2) is 13.5. The van der Waals surface area contributed by atoms with E-state index in [2.05, 4.69) is 39.9 Å². The third-order valence-electron chi connectivity index (χ3n) is 3.84. The van der Waals surface area contributed by atoms with Crippen molar-refractivity contribution in [1.82, 2.24) is 9.80 Å². The predicted octanol–water partition coefficient (Wildman–Crippen LogP) is 3.34. The molecular formula is C20H36N5P. The van der Waals surface area contributed by atoms with Crippen LogP contribution in [-0.4, -0.2) is 61.2 Å². The Morgan fingerprint density at radius 3 is 2.08 bits per heavy atom. The van der Waals surface area contributed by atoms with Crippen molar-refractivity contribution in [2.75, 3.05) is 39.9 Å². The van der Waals surface area contributed by atoms with Gasteiger partial charge in [-0.3, -0.25) is 5.41 Å². The molecule has 0 radical (unpaired) electrons. The standard InChI is InChI=1S/C16H23N5.C3H8.CH5P/c1-12-5-3-4-6-13(12)14(17)11-15(16(18)19)21-9-7-20(2)8-10-21;1-3-2;1-2/h3-6,11,17H,7-10H2,1-2H3,(H3,18,19);3H2,1-2H3;2H2,1H3/b15-11+,17-14?;;. The van der Waals surface area contributed by atoms with Gasteiger partial charge in [0.15, 0.2) is 0 Å². The Hall–Kier alpha value is -1.71. The highest BCUT2D eigenvalue weighted by atomic mass is 31.0. The Morgan fingerprint density at radius 1 is 1.12 bits per heavy atom. The zero-order valence-corrected chi connectivity index (χ0v) is 18.1. The molecule has 1 aliphatic heterocycles. The number of aryl methyl sites for hydroxylation is 1. The molecule has 1 aromatic rings. The number of allylic oxidation sites excluding steroid dienone is 1. The Balaban J connectivity index is 0.00000113. The van der Waals surface area contributed by atoms with Gasteiger partial charge < -0.3 is 20.9 Å². The first-order valence-corrected chi connectivity index (χ1v) is 10.3. The minimum absolute atomic E-state index is 0.0258. The molecule has 0 amide bonds. The number of nitrogens with zero attached hydrogens (tertiary/aromatic N) is 2. The summed E-state index contributed by atoms with van der Waals surface area (Å²) in [5.74, 6) is 0.0258. The van der Waals surface area contributed by atoms with Gasteiger partial charge in [0.1, 0.15) is 5.84 Å². The maximum absolute atomic E-state index is 8.29. The molecule has 0 aromatic heterocycles. The third-order valence-corrected chi connectivity index (χ3v) is 3.84. The number of likely N-dealkylation sites (N-methyl/N-ethyl adjacent to an activating group) is 1. The number of benzene rings is 1. The average molecular weight is 378 g/mol. The maximum Gasteiger partial charge on any atom is 0.139 e. The zero-order valence-electron chi connectivity index (χ0n) is 17.0. The highest BCUT2D eigenvalue weighted by molar-refractivity contribution is 7.15. The van der Waals surface area contributed by atoms with E-state index in [4.69, 9.17) is 16.6 Å².